The van der Waals surface area contributed by atoms with Gasteiger partial charge in [-0.05, 0) is 36.1 Å². The lowest BCUT2D eigenvalue weighted by molar-refractivity contribution is -0.137. The SMILES string of the molecule is CC1CCN(C(=O)CCc2nc(-c3ccsc3)no2)c2cc(C(F)(F)F)ccc2S1. The van der Waals surface area contributed by atoms with Gasteiger partial charge in [-0.1, -0.05) is 12.1 Å². The van der Waals surface area contributed by atoms with E-state index in [1.807, 2.05) is 23.8 Å². The lowest BCUT2D eigenvalue weighted by Crippen LogP contribution is -2.32. The second-order valence-corrected chi connectivity index (χ2v) is 9.23. The van der Waals surface area contributed by atoms with Crippen molar-refractivity contribution in [3.8, 4) is 11.4 Å². The third kappa shape index (κ3) is 4.54. The van der Waals surface area contributed by atoms with E-state index in [-0.39, 0.29) is 24.0 Å². The van der Waals surface area contributed by atoms with Gasteiger partial charge < -0.3 is 9.42 Å². The second-order valence-electron chi connectivity index (χ2n) is 6.97. The van der Waals surface area contributed by atoms with Crippen molar-refractivity contribution >= 4 is 34.7 Å². The molecule has 1 aliphatic rings. The zero-order valence-electron chi connectivity index (χ0n) is 16.0. The number of carbonyl (C=O) groups is 1. The molecule has 158 valence electrons. The van der Waals surface area contributed by atoms with Gasteiger partial charge >= 0.3 is 6.18 Å². The van der Waals surface area contributed by atoms with Gasteiger partial charge in [0.25, 0.3) is 0 Å². The smallest absolute Gasteiger partial charge is 0.339 e. The Labute approximate surface area is 179 Å². The number of aromatic nitrogens is 2. The molecule has 3 aromatic rings. The first-order chi connectivity index (χ1) is 14.3. The van der Waals surface area contributed by atoms with E-state index in [0.717, 1.165) is 17.7 Å². The summed E-state index contributed by atoms with van der Waals surface area (Å²) >= 11 is 3.00. The molecule has 0 saturated heterocycles. The Morgan fingerprint density at radius 2 is 2.17 bits per heavy atom. The van der Waals surface area contributed by atoms with E-state index in [2.05, 4.69) is 10.1 Å². The van der Waals surface area contributed by atoms with Crippen molar-refractivity contribution in [3.05, 3.63) is 46.5 Å². The summed E-state index contributed by atoms with van der Waals surface area (Å²) in [5.41, 5.74) is 0.397. The van der Waals surface area contributed by atoms with Crippen LogP contribution in [0.5, 0.6) is 0 Å². The quantitative estimate of drug-likeness (QED) is 0.510. The molecule has 2 aromatic heterocycles. The standard InChI is InChI=1S/C20H18F3N3O2S2/c1-12-6-8-26(15-10-14(20(21,22)23)2-3-16(15)30-12)18(27)5-4-17-24-19(25-28-17)13-7-9-29-11-13/h2-3,7,9-12H,4-6,8H2,1H3. The first kappa shape index (κ1) is 20.9. The zero-order chi connectivity index (χ0) is 21.3. The maximum atomic E-state index is 13.2. The van der Waals surface area contributed by atoms with E-state index in [0.29, 0.717) is 35.3 Å². The molecule has 1 amide bonds. The minimum absolute atomic E-state index is 0.0694. The fourth-order valence-electron chi connectivity index (χ4n) is 3.18. The Hall–Kier alpha value is -2.33. The van der Waals surface area contributed by atoms with Crippen LogP contribution in [0.15, 0.2) is 44.4 Å². The Morgan fingerprint density at radius 3 is 2.90 bits per heavy atom. The van der Waals surface area contributed by atoms with Crippen LogP contribution in [0.4, 0.5) is 18.9 Å². The van der Waals surface area contributed by atoms with Gasteiger partial charge in [0.1, 0.15) is 0 Å². The summed E-state index contributed by atoms with van der Waals surface area (Å²) in [6.07, 6.45) is -3.48. The van der Waals surface area contributed by atoms with Crippen molar-refractivity contribution in [1.82, 2.24) is 10.1 Å². The maximum Gasteiger partial charge on any atom is 0.416 e. The number of thioether (sulfide) groups is 1. The first-order valence-electron chi connectivity index (χ1n) is 9.34. The first-order valence-corrected chi connectivity index (χ1v) is 11.2. The number of halogens is 3. The summed E-state index contributed by atoms with van der Waals surface area (Å²) in [6, 6.07) is 5.46. The molecular weight excluding hydrogens is 435 g/mol. The van der Waals surface area contributed by atoms with Crippen molar-refractivity contribution in [3.63, 3.8) is 0 Å². The predicted molar refractivity (Wildman–Crippen MR) is 110 cm³/mol. The molecule has 30 heavy (non-hydrogen) atoms. The monoisotopic (exact) mass is 453 g/mol. The Balaban J connectivity index is 1.52. The van der Waals surface area contributed by atoms with E-state index in [9.17, 15) is 18.0 Å². The molecule has 0 N–H and O–H groups in total. The molecule has 0 fully saturated rings. The van der Waals surface area contributed by atoms with Crippen molar-refractivity contribution in [2.75, 3.05) is 11.4 Å². The molecule has 1 atom stereocenters. The molecule has 1 unspecified atom stereocenters. The Kier molecular flexibility index (Phi) is 5.88. The van der Waals surface area contributed by atoms with Gasteiger partial charge in [-0.15, -0.1) is 11.8 Å². The highest BCUT2D eigenvalue weighted by Crippen LogP contribution is 2.41. The van der Waals surface area contributed by atoms with Crippen LogP contribution in [-0.4, -0.2) is 27.8 Å². The van der Waals surface area contributed by atoms with E-state index in [1.165, 1.54) is 34.1 Å². The van der Waals surface area contributed by atoms with Crippen LogP contribution >= 0.6 is 23.1 Å². The average Bonchev–Trinajstić information content (AvgIpc) is 3.35. The molecule has 0 spiro atoms. The summed E-state index contributed by atoms with van der Waals surface area (Å²) < 4.78 is 44.9. The number of carbonyl (C=O) groups excluding carboxylic acids is 1. The van der Waals surface area contributed by atoms with Crippen molar-refractivity contribution < 1.29 is 22.5 Å². The number of thiophene rings is 1. The van der Waals surface area contributed by atoms with Gasteiger partial charge in [0.05, 0.1) is 11.3 Å². The number of hydrogen-bond acceptors (Lipinski definition) is 6. The van der Waals surface area contributed by atoms with Gasteiger partial charge in [-0.3, -0.25) is 4.79 Å². The molecule has 0 saturated carbocycles. The van der Waals surface area contributed by atoms with Gasteiger partial charge in [-0.2, -0.15) is 29.5 Å². The number of rotatable bonds is 4. The van der Waals surface area contributed by atoms with Crippen LogP contribution in [0.25, 0.3) is 11.4 Å². The molecule has 3 heterocycles. The summed E-state index contributed by atoms with van der Waals surface area (Å²) in [6.45, 7) is 2.37. The number of benzene rings is 1. The van der Waals surface area contributed by atoms with E-state index in [4.69, 9.17) is 4.52 Å². The average molecular weight is 454 g/mol. The molecule has 0 radical (unpaired) electrons. The van der Waals surface area contributed by atoms with Gasteiger partial charge in [0.15, 0.2) is 0 Å². The normalized spacial score (nSPS) is 16.9. The summed E-state index contributed by atoms with van der Waals surface area (Å²) in [7, 11) is 0. The predicted octanol–water partition coefficient (Wildman–Crippen LogP) is 5.67. The van der Waals surface area contributed by atoms with E-state index in [1.54, 1.807) is 0 Å². The second kappa shape index (κ2) is 8.43. The largest absolute Gasteiger partial charge is 0.416 e. The molecule has 0 aliphatic carbocycles. The lowest BCUT2D eigenvalue weighted by atomic mass is 10.1. The minimum Gasteiger partial charge on any atom is -0.339 e. The van der Waals surface area contributed by atoms with Crippen molar-refractivity contribution in [2.45, 2.75) is 42.5 Å². The van der Waals surface area contributed by atoms with Crippen LogP contribution in [0.1, 0.15) is 31.2 Å². The van der Waals surface area contributed by atoms with Crippen LogP contribution < -0.4 is 4.90 Å². The number of nitrogens with zero attached hydrogens (tertiary/aromatic N) is 3. The van der Waals surface area contributed by atoms with Crippen LogP contribution in [0.2, 0.25) is 0 Å². The van der Waals surface area contributed by atoms with Gasteiger partial charge in [-0.25, -0.2) is 0 Å². The zero-order valence-corrected chi connectivity index (χ0v) is 17.6. The molecule has 0 bridgehead atoms. The number of fused-ring (bicyclic) bond motifs is 1. The third-order valence-electron chi connectivity index (χ3n) is 4.77. The van der Waals surface area contributed by atoms with Crippen LogP contribution in [-0.2, 0) is 17.4 Å². The maximum absolute atomic E-state index is 13.2. The summed E-state index contributed by atoms with van der Waals surface area (Å²) in [5, 5.41) is 7.91. The number of hydrogen-bond donors (Lipinski definition) is 0. The molecule has 1 aromatic carbocycles. The molecule has 1 aliphatic heterocycles. The Morgan fingerprint density at radius 1 is 1.33 bits per heavy atom. The fourth-order valence-corrected chi connectivity index (χ4v) is 4.91. The summed E-state index contributed by atoms with van der Waals surface area (Å²) in [5.74, 6) is 0.519. The highest BCUT2D eigenvalue weighted by molar-refractivity contribution is 8.00. The lowest BCUT2D eigenvalue weighted by Gasteiger charge is -2.23. The Bertz CT molecular complexity index is 1030. The molecule has 10 heteroatoms. The molecule has 5 nitrogen and oxygen atoms in total. The molecular formula is C20H18F3N3O2S2. The number of aryl methyl sites for hydroxylation is 1. The van der Waals surface area contributed by atoms with Crippen LogP contribution in [0, 0.1) is 0 Å². The van der Waals surface area contributed by atoms with Crippen molar-refractivity contribution in [2.24, 2.45) is 0 Å². The van der Waals surface area contributed by atoms with Gasteiger partial charge in [0, 0.05) is 40.5 Å². The summed E-state index contributed by atoms with van der Waals surface area (Å²) in [4.78, 5) is 19.4. The van der Waals surface area contributed by atoms with E-state index < -0.39 is 11.7 Å². The number of anilines is 1. The molecule has 4 rings (SSSR count). The highest BCUT2D eigenvalue weighted by atomic mass is 32.2. The minimum atomic E-state index is -4.46. The fraction of sp³-hybridized carbons (Fsp3) is 0.350. The number of amides is 1. The highest BCUT2D eigenvalue weighted by Gasteiger charge is 2.33. The number of alkyl halides is 3. The van der Waals surface area contributed by atoms with Crippen molar-refractivity contribution in [1.29, 1.82) is 0 Å². The third-order valence-corrected chi connectivity index (χ3v) is 6.69. The van der Waals surface area contributed by atoms with E-state index >= 15 is 0 Å². The van der Waals surface area contributed by atoms with Gasteiger partial charge in [0.2, 0.25) is 17.6 Å². The topological polar surface area (TPSA) is 59.2 Å². The van der Waals surface area contributed by atoms with Crippen LogP contribution in [0.3, 0.4) is 0 Å².